The van der Waals surface area contributed by atoms with Gasteiger partial charge >= 0.3 is 0 Å². The van der Waals surface area contributed by atoms with Crippen LogP contribution in [-0.4, -0.2) is 67.0 Å². The molecule has 31 heavy (non-hydrogen) atoms. The lowest BCUT2D eigenvalue weighted by Gasteiger charge is -2.33. The van der Waals surface area contributed by atoms with Crippen LogP contribution in [0.1, 0.15) is 19.3 Å². The first-order chi connectivity index (χ1) is 15.3. The number of rotatable bonds is 7. The van der Waals surface area contributed by atoms with Gasteiger partial charge in [0.2, 0.25) is 0 Å². The molecule has 2 fully saturated rings. The van der Waals surface area contributed by atoms with Crippen LogP contribution in [0.3, 0.4) is 0 Å². The van der Waals surface area contributed by atoms with Gasteiger partial charge in [0.05, 0.1) is 12.0 Å². The van der Waals surface area contributed by atoms with E-state index in [1.54, 1.807) is 17.7 Å². The Morgan fingerprint density at radius 2 is 1.90 bits per heavy atom. The van der Waals surface area contributed by atoms with Crippen molar-refractivity contribution in [2.24, 2.45) is 5.92 Å². The van der Waals surface area contributed by atoms with Gasteiger partial charge in [-0.25, -0.2) is 14.4 Å². The van der Waals surface area contributed by atoms with Crippen LogP contribution >= 0.6 is 11.3 Å². The Balaban J connectivity index is 1.19. The summed E-state index contributed by atoms with van der Waals surface area (Å²) in [7, 11) is 0. The van der Waals surface area contributed by atoms with Crippen molar-refractivity contribution in [3.8, 4) is 11.1 Å². The second-order valence-electron chi connectivity index (χ2n) is 8.58. The number of piperidine rings is 1. The average molecular weight is 441 g/mol. The number of ether oxygens (including phenoxy) is 1. The van der Waals surface area contributed by atoms with Crippen molar-refractivity contribution in [2.75, 3.05) is 50.8 Å². The highest BCUT2D eigenvalue weighted by Crippen LogP contribution is 2.38. The molecular formula is C24H29FN4OS. The van der Waals surface area contributed by atoms with Crippen LogP contribution in [0.2, 0.25) is 0 Å². The van der Waals surface area contributed by atoms with Gasteiger partial charge < -0.3 is 9.64 Å². The molecular weight excluding hydrogens is 411 g/mol. The molecule has 0 bridgehead atoms. The number of aromatic nitrogens is 2. The first-order valence-electron chi connectivity index (χ1n) is 11.2. The smallest absolute Gasteiger partial charge is 0.141 e. The topological polar surface area (TPSA) is 41.5 Å². The van der Waals surface area contributed by atoms with Crippen LogP contribution in [0.4, 0.5) is 10.2 Å². The fourth-order valence-electron chi connectivity index (χ4n) is 4.67. The number of benzene rings is 1. The molecule has 2 saturated heterocycles. The van der Waals surface area contributed by atoms with Crippen LogP contribution < -0.4 is 4.90 Å². The summed E-state index contributed by atoms with van der Waals surface area (Å²) >= 11 is 1.69. The van der Waals surface area contributed by atoms with E-state index < -0.39 is 6.17 Å². The molecule has 0 unspecified atom stereocenters. The Bertz CT molecular complexity index is 990. The first-order valence-corrected chi connectivity index (χ1v) is 12.1. The van der Waals surface area contributed by atoms with Crippen LogP contribution in [0.25, 0.3) is 21.3 Å². The van der Waals surface area contributed by atoms with Crippen molar-refractivity contribution in [3.05, 3.63) is 42.0 Å². The van der Waals surface area contributed by atoms with Crippen molar-refractivity contribution < 1.29 is 9.13 Å². The second-order valence-corrected chi connectivity index (χ2v) is 9.44. The molecule has 0 amide bonds. The number of halogens is 1. The predicted molar refractivity (Wildman–Crippen MR) is 125 cm³/mol. The van der Waals surface area contributed by atoms with Gasteiger partial charge in [0.15, 0.2) is 0 Å². The zero-order chi connectivity index (χ0) is 21.0. The number of anilines is 1. The summed E-state index contributed by atoms with van der Waals surface area (Å²) in [6.07, 6.45) is 3.92. The summed E-state index contributed by atoms with van der Waals surface area (Å²) in [6.45, 7) is 5.76. The maximum atomic E-state index is 13.3. The Hall–Kier alpha value is -2.09. The highest BCUT2D eigenvalue weighted by Gasteiger charge is 2.24. The molecule has 2 aliphatic heterocycles. The number of nitrogens with zero attached hydrogens (tertiary/aromatic N) is 4. The minimum absolute atomic E-state index is 0.572. The molecule has 0 N–H and O–H groups in total. The molecule has 0 saturated carbocycles. The molecule has 7 heteroatoms. The summed E-state index contributed by atoms with van der Waals surface area (Å²) in [5, 5.41) is 3.37. The summed E-state index contributed by atoms with van der Waals surface area (Å²) in [6, 6.07) is 10.5. The normalized spacial score (nSPS) is 20.7. The van der Waals surface area contributed by atoms with Crippen LogP contribution in [-0.2, 0) is 4.74 Å². The number of fused-ring (bicyclic) bond motifs is 1. The third-order valence-electron chi connectivity index (χ3n) is 6.47. The first kappa shape index (κ1) is 20.8. The fourth-order valence-corrected chi connectivity index (χ4v) is 5.58. The monoisotopic (exact) mass is 440 g/mol. The number of hydrogen-bond donors (Lipinski definition) is 0. The highest BCUT2D eigenvalue weighted by atomic mass is 32.1. The predicted octanol–water partition coefficient (Wildman–Crippen LogP) is 4.64. The van der Waals surface area contributed by atoms with Gasteiger partial charge in [-0.15, -0.1) is 11.3 Å². The number of alkyl halides is 1. The van der Waals surface area contributed by atoms with Crippen molar-refractivity contribution in [1.29, 1.82) is 0 Å². The molecule has 1 aromatic carbocycles. The third-order valence-corrected chi connectivity index (χ3v) is 7.36. The molecule has 164 valence electrons. The highest BCUT2D eigenvalue weighted by molar-refractivity contribution is 7.17. The van der Waals surface area contributed by atoms with Crippen LogP contribution in [0.5, 0.6) is 0 Å². The van der Waals surface area contributed by atoms with Crippen LogP contribution in [0, 0.1) is 5.92 Å². The molecule has 4 heterocycles. The maximum Gasteiger partial charge on any atom is 0.141 e. The maximum absolute atomic E-state index is 13.3. The van der Waals surface area contributed by atoms with Crippen molar-refractivity contribution in [1.82, 2.24) is 14.9 Å². The minimum atomic E-state index is -0.650. The molecule has 0 radical (unpaired) electrons. The standard InChI is InChI=1S/C24H29FN4OS/c25-20-8-9-28(14-20)12-13-30-15-18-6-10-29(11-7-18)23-22-21(19-4-2-1-3-5-19)16-31-24(22)27-17-26-23/h1-5,16-18,20H,6-15H2/t20-/m1/s1. The molecule has 2 aromatic heterocycles. The van der Waals surface area contributed by atoms with E-state index >= 15 is 0 Å². The Labute approximate surface area is 186 Å². The molecule has 5 rings (SSSR count). The van der Waals surface area contributed by atoms with E-state index in [1.807, 2.05) is 6.07 Å². The van der Waals surface area contributed by atoms with E-state index in [2.05, 4.69) is 44.4 Å². The summed E-state index contributed by atoms with van der Waals surface area (Å²) in [5.74, 6) is 1.64. The lowest BCUT2D eigenvalue weighted by Crippen LogP contribution is -2.36. The van der Waals surface area contributed by atoms with E-state index in [9.17, 15) is 4.39 Å². The second kappa shape index (κ2) is 9.59. The lowest BCUT2D eigenvalue weighted by atomic mass is 9.97. The fraction of sp³-hybridized carbons (Fsp3) is 0.500. The summed E-state index contributed by atoms with van der Waals surface area (Å²) in [5.41, 5.74) is 2.43. The molecule has 1 atom stereocenters. The average Bonchev–Trinajstić information content (AvgIpc) is 3.44. The molecule has 2 aliphatic rings. The lowest BCUT2D eigenvalue weighted by molar-refractivity contribution is 0.0742. The summed E-state index contributed by atoms with van der Waals surface area (Å²) < 4.78 is 19.2. The van der Waals surface area contributed by atoms with Gasteiger partial charge in [-0.2, -0.15) is 0 Å². The number of hydrogen-bond acceptors (Lipinski definition) is 6. The minimum Gasteiger partial charge on any atom is -0.380 e. The number of likely N-dealkylation sites (tertiary alicyclic amines) is 1. The molecule has 0 spiro atoms. The Kier molecular flexibility index (Phi) is 6.43. The van der Waals surface area contributed by atoms with E-state index in [4.69, 9.17) is 9.72 Å². The van der Waals surface area contributed by atoms with Gasteiger partial charge in [-0.3, -0.25) is 4.90 Å². The third kappa shape index (κ3) is 4.73. The molecule has 0 aliphatic carbocycles. The van der Waals surface area contributed by atoms with Gasteiger partial charge in [0, 0.05) is 50.3 Å². The van der Waals surface area contributed by atoms with E-state index in [-0.39, 0.29) is 0 Å². The quantitative estimate of drug-likeness (QED) is 0.501. The van der Waals surface area contributed by atoms with Gasteiger partial charge in [-0.05, 0) is 30.7 Å². The van der Waals surface area contributed by atoms with Gasteiger partial charge in [0.25, 0.3) is 0 Å². The van der Waals surface area contributed by atoms with E-state index in [1.165, 1.54) is 16.5 Å². The molecule has 3 aromatic rings. The van der Waals surface area contributed by atoms with Gasteiger partial charge in [-0.1, -0.05) is 30.3 Å². The zero-order valence-corrected chi connectivity index (χ0v) is 18.6. The SMILES string of the molecule is F[C@@H]1CCN(CCOCC2CCN(c3ncnc4scc(-c5ccccc5)c34)CC2)C1. The van der Waals surface area contributed by atoms with Crippen molar-refractivity contribution in [2.45, 2.75) is 25.4 Å². The van der Waals surface area contributed by atoms with Crippen molar-refractivity contribution in [3.63, 3.8) is 0 Å². The van der Waals surface area contributed by atoms with Crippen molar-refractivity contribution >= 4 is 27.4 Å². The zero-order valence-electron chi connectivity index (χ0n) is 17.8. The number of thiophene rings is 1. The Morgan fingerprint density at radius 3 is 2.68 bits per heavy atom. The Morgan fingerprint density at radius 1 is 1.06 bits per heavy atom. The van der Waals surface area contributed by atoms with E-state index in [0.29, 0.717) is 25.5 Å². The molecule has 5 nitrogen and oxygen atoms in total. The largest absolute Gasteiger partial charge is 0.380 e. The van der Waals surface area contributed by atoms with Gasteiger partial charge in [0.1, 0.15) is 23.1 Å². The van der Waals surface area contributed by atoms with Crippen LogP contribution in [0.15, 0.2) is 42.0 Å². The summed E-state index contributed by atoms with van der Waals surface area (Å²) in [4.78, 5) is 14.8. The van der Waals surface area contributed by atoms with E-state index in [0.717, 1.165) is 56.3 Å².